The quantitative estimate of drug-likeness (QED) is 0.196. The number of benzene rings is 2. The molecule has 3 aromatic rings. The molecule has 0 fully saturated rings. The third-order valence-electron chi connectivity index (χ3n) is 4.80. The van der Waals surface area contributed by atoms with Crippen LogP contribution in [0.25, 0.3) is 0 Å². The van der Waals surface area contributed by atoms with E-state index in [1.54, 1.807) is 6.20 Å². The smallest absolute Gasteiger partial charge is 0.191 e. The zero-order chi connectivity index (χ0) is 22.8. The van der Waals surface area contributed by atoms with Gasteiger partial charge in [0.2, 0.25) is 0 Å². The molecule has 3 rings (SSSR count). The van der Waals surface area contributed by atoms with Crippen LogP contribution in [0.15, 0.2) is 72.0 Å². The average Bonchev–Trinajstić information content (AvgIpc) is 3.22. The minimum absolute atomic E-state index is 0. The first-order valence-corrected chi connectivity index (χ1v) is 11.1. The maximum absolute atomic E-state index is 10.6. The first-order chi connectivity index (χ1) is 15.5. The standard InChI is InChI=1S/C25H33N5O2.HI/c1-4-26-25(28-16-23(31)21-11-8-12-22(15-21)32-19(2)3)29-17-24-27-13-14-30(24)18-20-9-6-5-7-10-20;/h5-15,19,23,31H,4,16-18H2,1-3H3,(H2,26,28,29);1H. The summed E-state index contributed by atoms with van der Waals surface area (Å²) in [7, 11) is 0. The van der Waals surface area contributed by atoms with Gasteiger partial charge in [0.1, 0.15) is 18.1 Å². The predicted octanol–water partition coefficient (Wildman–Crippen LogP) is 4.13. The van der Waals surface area contributed by atoms with E-state index in [4.69, 9.17) is 4.74 Å². The third-order valence-corrected chi connectivity index (χ3v) is 4.80. The number of aliphatic hydroxyl groups excluding tert-OH is 1. The summed E-state index contributed by atoms with van der Waals surface area (Å²) < 4.78 is 7.82. The van der Waals surface area contributed by atoms with Gasteiger partial charge in [0, 0.05) is 32.0 Å². The lowest BCUT2D eigenvalue weighted by Gasteiger charge is -2.17. The van der Waals surface area contributed by atoms with Crippen LogP contribution in [-0.4, -0.2) is 39.8 Å². The van der Waals surface area contributed by atoms with E-state index in [0.717, 1.165) is 30.2 Å². The molecule has 0 aliphatic carbocycles. The lowest BCUT2D eigenvalue weighted by Crippen LogP contribution is -2.39. The second-order valence-electron chi connectivity index (χ2n) is 7.79. The molecule has 0 aliphatic heterocycles. The molecular formula is C25H34IN5O2. The average molecular weight is 563 g/mol. The van der Waals surface area contributed by atoms with Crippen molar-refractivity contribution in [3.05, 3.63) is 83.9 Å². The number of guanidine groups is 1. The van der Waals surface area contributed by atoms with Crippen LogP contribution < -0.4 is 15.4 Å². The van der Waals surface area contributed by atoms with Gasteiger partial charge in [-0.15, -0.1) is 24.0 Å². The minimum Gasteiger partial charge on any atom is -0.491 e. The highest BCUT2D eigenvalue weighted by Gasteiger charge is 2.11. The number of aliphatic imine (C=N–C) groups is 1. The predicted molar refractivity (Wildman–Crippen MR) is 143 cm³/mol. The van der Waals surface area contributed by atoms with Gasteiger partial charge in [-0.2, -0.15) is 0 Å². The van der Waals surface area contributed by atoms with Crippen LogP contribution in [0.5, 0.6) is 5.75 Å². The lowest BCUT2D eigenvalue weighted by atomic mass is 10.1. The maximum Gasteiger partial charge on any atom is 0.191 e. The second kappa shape index (κ2) is 13.8. The summed E-state index contributed by atoms with van der Waals surface area (Å²) in [5.41, 5.74) is 2.01. The van der Waals surface area contributed by atoms with E-state index < -0.39 is 6.10 Å². The van der Waals surface area contributed by atoms with Crippen LogP contribution in [0.2, 0.25) is 0 Å². The summed E-state index contributed by atoms with van der Waals surface area (Å²) in [6.07, 6.45) is 3.16. The Hall–Kier alpha value is -2.59. The number of hydrogen-bond donors (Lipinski definition) is 3. The van der Waals surface area contributed by atoms with Gasteiger partial charge >= 0.3 is 0 Å². The molecule has 7 nitrogen and oxygen atoms in total. The Balaban J connectivity index is 0.00000385. The van der Waals surface area contributed by atoms with Crippen LogP contribution in [-0.2, 0) is 13.1 Å². The van der Waals surface area contributed by atoms with E-state index in [1.165, 1.54) is 5.56 Å². The summed E-state index contributed by atoms with van der Waals surface area (Å²) in [5.74, 6) is 2.27. The van der Waals surface area contributed by atoms with Gasteiger partial charge < -0.3 is 25.0 Å². The Morgan fingerprint density at radius 3 is 2.64 bits per heavy atom. The van der Waals surface area contributed by atoms with Gasteiger partial charge in [-0.1, -0.05) is 42.5 Å². The molecule has 0 bridgehead atoms. The third kappa shape index (κ3) is 8.70. The zero-order valence-electron chi connectivity index (χ0n) is 19.4. The zero-order valence-corrected chi connectivity index (χ0v) is 21.8. The summed E-state index contributed by atoms with van der Waals surface area (Å²) in [5, 5.41) is 17.1. The van der Waals surface area contributed by atoms with Crippen LogP contribution in [0.3, 0.4) is 0 Å². The van der Waals surface area contributed by atoms with E-state index in [1.807, 2.05) is 69.4 Å². The van der Waals surface area contributed by atoms with Crippen molar-refractivity contribution in [2.45, 2.75) is 46.1 Å². The van der Waals surface area contributed by atoms with Crippen molar-refractivity contribution in [3.63, 3.8) is 0 Å². The molecule has 1 atom stereocenters. The van der Waals surface area contributed by atoms with Crippen LogP contribution >= 0.6 is 24.0 Å². The highest BCUT2D eigenvalue weighted by Crippen LogP contribution is 2.20. The van der Waals surface area contributed by atoms with E-state index in [2.05, 4.69) is 37.3 Å². The molecule has 0 saturated heterocycles. The molecule has 0 saturated carbocycles. The number of nitrogens with zero attached hydrogens (tertiary/aromatic N) is 3. The number of hydrogen-bond acceptors (Lipinski definition) is 4. The first-order valence-electron chi connectivity index (χ1n) is 11.1. The Bertz CT molecular complexity index is 991. The normalized spacial score (nSPS) is 12.2. The van der Waals surface area contributed by atoms with Gasteiger partial charge in [-0.3, -0.25) is 0 Å². The van der Waals surface area contributed by atoms with Crippen LogP contribution in [0.4, 0.5) is 0 Å². The van der Waals surface area contributed by atoms with Gasteiger partial charge in [-0.25, -0.2) is 9.98 Å². The van der Waals surface area contributed by atoms with E-state index >= 15 is 0 Å². The summed E-state index contributed by atoms with van der Waals surface area (Å²) in [6, 6.07) is 17.8. The Labute approximate surface area is 213 Å². The molecule has 178 valence electrons. The Morgan fingerprint density at radius 1 is 1.12 bits per heavy atom. The molecular weight excluding hydrogens is 529 g/mol. The highest BCUT2D eigenvalue weighted by atomic mass is 127. The van der Waals surface area contributed by atoms with E-state index in [9.17, 15) is 5.11 Å². The Kier molecular flexibility index (Phi) is 11.2. The molecule has 3 N–H and O–H groups in total. The topological polar surface area (TPSA) is 83.7 Å². The maximum atomic E-state index is 10.6. The molecule has 2 aromatic carbocycles. The number of rotatable bonds is 10. The number of imidazole rings is 1. The van der Waals surface area contributed by atoms with Gasteiger partial charge in [0.15, 0.2) is 5.96 Å². The fourth-order valence-corrected chi connectivity index (χ4v) is 3.29. The number of halogens is 1. The van der Waals surface area contributed by atoms with Crippen LogP contribution in [0.1, 0.15) is 43.8 Å². The monoisotopic (exact) mass is 563 g/mol. The molecule has 0 spiro atoms. The lowest BCUT2D eigenvalue weighted by molar-refractivity contribution is 0.179. The number of aromatic nitrogens is 2. The molecule has 8 heteroatoms. The molecule has 0 aliphatic rings. The highest BCUT2D eigenvalue weighted by molar-refractivity contribution is 14.0. The molecule has 0 amide bonds. The fourth-order valence-electron chi connectivity index (χ4n) is 3.29. The SMILES string of the molecule is CCNC(=NCc1nccn1Cc1ccccc1)NCC(O)c1cccc(OC(C)C)c1.I. The number of nitrogens with one attached hydrogen (secondary N) is 2. The van der Waals surface area contributed by atoms with Crippen molar-refractivity contribution < 1.29 is 9.84 Å². The van der Waals surface area contributed by atoms with Crippen molar-refractivity contribution in [2.75, 3.05) is 13.1 Å². The van der Waals surface area contributed by atoms with Crippen molar-refractivity contribution in [1.29, 1.82) is 0 Å². The largest absolute Gasteiger partial charge is 0.491 e. The minimum atomic E-state index is -0.686. The molecule has 1 heterocycles. The number of ether oxygens (including phenoxy) is 1. The van der Waals surface area contributed by atoms with Crippen molar-refractivity contribution in [2.24, 2.45) is 4.99 Å². The number of aliphatic hydroxyl groups is 1. The van der Waals surface area contributed by atoms with Gasteiger partial charge in [0.25, 0.3) is 0 Å². The van der Waals surface area contributed by atoms with Crippen molar-refractivity contribution >= 4 is 29.9 Å². The van der Waals surface area contributed by atoms with Crippen molar-refractivity contribution in [3.8, 4) is 5.75 Å². The van der Waals surface area contributed by atoms with Crippen LogP contribution in [0, 0.1) is 0 Å². The first kappa shape index (κ1) is 26.7. The van der Waals surface area contributed by atoms with E-state index in [-0.39, 0.29) is 30.1 Å². The van der Waals surface area contributed by atoms with E-state index in [0.29, 0.717) is 19.0 Å². The summed E-state index contributed by atoms with van der Waals surface area (Å²) in [6.45, 7) is 8.21. The summed E-state index contributed by atoms with van der Waals surface area (Å²) in [4.78, 5) is 9.11. The Morgan fingerprint density at radius 2 is 1.91 bits per heavy atom. The van der Waals surface area contributed by atoms with Gasteiger partial charge in [-0.05, 0) is 44.0 Å². The molecule has 1 unspecified atom stereocenters. The van der Waals surface area contributed by atoms with Crippen molar-refractivity contribution in [1.82, 2.24) is 20.2 Å². The fraction of sp³-hybridized carbons (Fsp3) is 0.360. The molecule has 1 aromatic heterocycles. The summed E-state index contributed by atoms with van der Waals surface area (Å²) >= 11 is 0. The second-order valence-corrected chi connectivity index (χ2v) is 7.79. The molecule has 0 radical (unpaired) electrons. The van der Waals surface area contributed by atoms with Gasteiger partial charge in [0.05, 0.1) is 12.2 Å². The molecule has 33 heavy (non-hydrogen) atoms.